The molecule has 1 aliphatic heterocycles. The van der Waals surface area contributed by atoms with Crippen LogP contribution in [-0.2, 0) is 0 Å². The van der Waals surface area contributed by atoms with Gasteiger partial charge in [-0.05, 0) is 36.5 Å². The molecule has 0 atom stereocenters. The van der Waals surface area contributed by atoms with E-state index in [1.165, 1.54) is 32.5 Å². The third kappa shape index (κ3) is 3.46. The molecule has 0 spiro atoms. The van der Waals surface area contributed by atoms with Gasteiger partial charge in [0.1, 0.15) is 0 Å². The van der Waals surface area contributed by atoms with Crippen LogP contribution in [0.1, 0.15) is 53.4 Å². The lowest BCUT2D eigenvalue weighted by Gasteiger charge is -2.52. The summed E-state index contributed by atoms with van der Waals surface area (Å²) in [4.78, 5) is 2.59. The Kier molecular flexibility index (Phi) is 4.81. The van der Waals surface area contributed by atoms with Gasteiger partial charge >= 0.3 is 0 Å². The molecule has 96 valence electrons. The third-order valence-electron chi connectivity index (χ3n) is 4.28. The van der Waals surface area contributed by atoms with Crippen LogP contribution in [0, 0.1) is 10.8 Å². The fourth-order valence-corrected chi connectivity index (χ4v) is 2.95. The van der Waals surface area contributed by atoms with Crippen LogP contribution in [0.15, 0.2) is 0 Å². The highest BCUT2D eigenvalue weighted by Crippen LogP contribution is 2.39. The molecule has 0 radical (unpaired) electrons. The Morgan fingerprint density at radius 3 is 2.19 bits per heavy atom. The van der Waals surface area contributed by atoms with Crippen molar-refractivity contribution in [1.82, 2.24) is 4.90 Å². The maximum absolute atomic E-state index is 8.88. The number of rotatable bonds is 7. The fraction of sp³-hybridized carbons (Fsp3) is 1.00. The van der Waals surface area contributed by atoms with Crippen molar-refractivity contribution in [3.05, 3.63) is 0 Å². The minimum atomic E-state index is 0.331. The van der Waals surface area contributed by atoms with E-state index in [2.05, 4.69) is 32.6 Å². The summed E-state index contributed by atoms with van der Waals surface area (Å²) in [5.41, 5.74) is 0.976. The number of aliphatic hydroxyl groups excluding tert-OH is 1. The molecule has 0 aliphatic carbocycles. The van der Waals surface area contributed by atoms with Crippen LogP contribution in [-0.4, -0.2) is 36.2 Å². The summed E-state index contributed by atoms with van der Waals surface area (Å²) in [7, 11) is 0. The summed E-state index contributed by atoms with van der Waals surface area (Å²) in [6.45, 7) is 13.4. The summed E-state index contributed by atoms with van der Waals surface area (Å²) in [5.74, 6) is 0. The molecule has 0 aromatic carbocycles. The first-order valence-corrected chi connectivity index (χ1v) is 6.80. The van der Waals surface area contributed by atoms with E-state index in [-0.39, 0.29) is 0 Å². The Bertz CT molecular complexity index is 201. The maximum atomic E-state index is 8.88. The van der Waals surface area contributed by atoms with Gasteiger partial charge in [-0.1, -0.05) is 27.7 Å². The van der Waals surface area contributed by atoms with Crippen molar-refractivity contribution in [2.45, 2.75) is 53.4 Å². The molecule has 1 aliphatic rings. The van der Waals surface area contributed by atoms with Gasteiger partial charge in [0.25, 0.3) is 0 Å². The molecule has 0 aromatic heterocycles. The molecule has 1 rings (SSSR count). The number of hydrogen-bond acceptors (Lipinski definition) is 2. The van der Waals surface area contributed by atoms with E-state index in [1.807, 2.05) is 0 Å². The molecule has 1 N–H and O–H groups in total. The smallest absolute Gasteiger partial charge is 0.0431 e. The lowest BCUT2D eigenvalue weighted by Crippen LogP contribution is -2.57. The first kappa shape index (κ1) is 14.0. The van der Waals surface area contributed by atoms with Gasteiger partial charge in [-0.2, -0.15) is 0 Å². The summed E-state index contributed by atoms with van der Waals surface area (Å²) in [6.07, 6.45) is 4.70. The van der Waals surface area contributed by atoms with Crippen LogP contribution < -0.4 is 0 Å². The normalized spacial score (nSPS) is 20.8. The largest absolute Gasteiger partial charge is 0.396 e. The molecule has 1 fully saturated rings. The van der Waals surface area contributed by atoms with Crippen LogP contribution in [0.2, 0.25) is 0 Å². The number of hydrogen-bond donors (Lipinski definition) is 1. The minimum absolute atomic E-state index is 0.331. The second-order valence-electron chi connectivity index (χ2n) is 6.34. The lowest BCUT2D eigenvalue weighted by atomic mass is 9.73. The summed E-state index contributed by atoms with van der Waals surface area (Å²) >= 11 is 0. The second kappa shape index (κ2) is 5.50. The molecule has 0 bridgehead atoms. The quantitative estimate of drug-likeness (QED) is 0.723. The molecule has 0 aromatic rings. The molecule has 0 unspecified atom stereocenters. The molecule has 16 heavy (non-hydrogen) atoms. The summed E-state index contributed by atoms with van der Waals surface area (Å²) in [5, 5.41) is 8.88. The van der Waals surface area contributed by atoms with E-state index in [0.29, 0.717) is 17.4 Å². The first-order valence-electron chi connectivity index (χ1n) is 6.80. The SMILES string of the molecule is CCC1(CC)CN(CC(C)(C)CCCO)C1. The van der Waals surface area contributed by atoms with Crippen LogP contribution in [0.3, 0.4) is 0 Å². The van der Waals surface area contributed by atoms with Crippen molar-refractivity contribution < 1.29 is 5.11 Å². The average molecular weight is 227 g/mol. The van der Waals surface area contributed by atoms with Crippen molar-refractivity contribution in [3.8, 4) is 0 Å². The first-order chi connectivity index (χ1) is 7.47. The Labute approximate surface area is 101 Å². The molecule has 2 nitrogen and oxygen atoms in total. The van der Waals surface area contributed by atoms with Crippen molar-refractivity contribution in [2.75, 3.05) is 26.2 Å². The van der Waals surface area contributed by atoms with Gasteiger partial charge in [-0.15, -0.1) is 0 Å². The van der Waals surface area contributed by atoms with Gasteiger partial charge in [0, 0.05) is 26.2 Å². The Morgan fingerprint density at radius 2 is 1.75 bits per heavy atom. The molecule has 0 amide bonds. The highest BCUT2D eigenvalue weighted by Gasteiger charge is 2.41. The second-order valence-corrected chi connectivity index (χ2v) is 6.34. The van der Waals surface area contributed by atoms with Crippen LogP contribution in [0.4, 0.5) is 0 Å². The van der Waals surface area contributed by atoms with E-state index in [4.69, 9.17) is 5.11 Å². The van der Waals surface area contributed by atoms with Gasteiger partial charge in [-0.25, -0.2) is 0 Å². The summed E-state index contributed by atoms with van der Waals surface area (Å²) in [6, 6.07) is 0. The standard InChI is InChI=1S/C14H29NO/c1-5-14(6-2)11-15(12-14)10-13(3,4)8-7-9-16/h16H,5-12H2,1-4H3. The average Bonchev–Trinajstić information content (AvgIpc) is 2.20. The van der Waals surface area contributed by atoms with Gasteiger partial charge in [0.2, 0.25) is 0 Å². The highest BCUT2D eigenvalue weighted by molar-refractivity contribution is 4.94. The van der Waals surface area contributed by atoms with Crippen LogP contribution in [0.5, 0.6) is 0 Å². The zero-order valence-corrected chi connectivity index (χ0v) is 11.6. The van der Waals surface area contributed by atoms with Crippen molar-refractivity contribution in [3.63, 3.8) is 0 Å². The fourth-order valence-electron chi connectivity index (χ4n) is 2.95. The summed E-state index contributed by atoms with van der Waals surface area (Å²) < 4.78 is 0. The molecule has 1 saturated heterocycles. The number of nitrogens with zero attached hydrogens (tertiary/aromatic N) is 1. The van der Waals surface area contributed by atoms with E-state index >= 15 is 0 Å². The highest BCUT2D eigenvalue weighted by atomic mass is 16.2. The number of aliphatic hydroxyl groups is 1. The Balaban J connectivity index is 2.30. The molecular formula is C14H29NO. The van der Waals surface area contributed by atoms with Crippen LogP contribution >= 0.6 is 0 Å². The van der Waals surface area contributed by atoms with Crippen LogP contribution in [0.25, 0.3) is 0 Å². The van der Waals surface area contributed by atoms with Gasteiger partial charge < -0.3 is 10.0 Å². The third-order valence-corrected chi connectivity index (χ3v) is 4.28. The topological polar surface area (TPSA) is 23.5 Å². The molecule has 2 heteroatoms. The van der Waals surface area contributed by atoms with Crippen molar-refractivity contribution in [2.24, 2.45) is 10.8 Å². The maximum Gasteiger partial charge on any atom is 0.0431 e. The zero-order chi connectivity index (χ0) is 12.2. The van der Waals surface area contributed by atoms with E-state index in [9.17, 15) is 0 Å². The Morgan fingerprint density at radius 1 is 1.19 bits per heavy atom. The minimum Gasteiger partial charge on any atom is -0.396 e. The zero-order valence-electron chi connectivity index (χ0n) is 11.6. The van der Waals surface area contributed by atoms with Gasteiger partial charge in [-0.3, -0.25) is 0 Å². The molecule has 1 heterocycles. The molecular weight excluding hydrogens is 198 g/mol. The Hall–Kier alpha value is -0.0800. The predicted molar refractivity (Wildman–Crippen MR) is 69.6 cm³/mol. The number of likely N-dealkylation sites (tertiary alicyclic amines) is 1. The van der Waals surface area contributed by atoms with Gasteiger partial charge in [0.05, 0.1) is 0 Å². The van der Waals surface area contributed by atoms with Crippen molar-refractivity contribution >= 4 is 0 Å². The monoisotopic (exact) mass is 227 g/mol. The predicted octanol–water partition coefficient (Wildman–Crippen LogP) is 2.91. The van der Waals surface area contributed by atoms with Crippen molar-refractivity contribution in [1.29, 1.82) is 0 Å². The van der Waals surface area contributed by atoms with E-state index < -0.39 is 0 Å². The van der Waals surface area contributed by atoms with Gasteiger partial charge in [0.15, 0.2) is 0 Å². The lowest BCUT2D eigenvalue weighted by molar-refractivity contribution is -0.0300. The van der Waals surface area contributed by atoms with E-state index in [1.54, 1.807) is 0 Å². The molecule has 0 saturated carbocycles. The van der Waals surface area contributed by atoms with E-state index in [0.717, 1.165) is 12.8 Å².